The lowest BCUT2D eigenvalue weighted by Gasteiger charge is -2.06. The Morgan fingerprint density at radius 3 is 2.77 bits per heavy atom. The molecule has 0 atom stereocenters. The van der Waals surface area contributed by atoms with Crippen molar-refractivity contribution in [2.24, 2.45) is 0 Å². The van der Waals surface area contributed by atoms with Crippen molar-refractivity contribution < 1.29 is 13.9 Å². The van der Waals surface area contributed by atoms with Crippen LogP contribution in [0.1, 0.15) is 12.3 Å². The van der Waals surface area contributed by atoms with Crippen LogP contribution in [0.4, 0.5) is 0 Å². The van der Waals surface area contributed by atoms with Crippen molar-refractivity contribution in [1.29, 1.82) is 0 Å². The zero-order valence-electron chi connectivity index (χ0n) is 15.4. The number of nitrogens with zero attached hydrogens (tertiary/aromatic N) is 4. The summed E-state index contributed by atoms with van der Waals surface area (Å²) in [6.45, 7) is -0.00971. The van der Waals surface area contributed by atoms with Gasteiger partial charge in [-0.1, -0.05) is 27.5 Å². The topological polar surface area (TPSA) is 100 Å². The van der Waals surface area contributed by atoms with Crippen molar-refractivity contribution in [2.75, 3.05) is 0 Å². The molecule has 0 unspecified atom stereocenters. The second-order valence-corrected chi connectivity index (χ2v) is 7.68. The maximum atomic E-state index is 12.5. The van der Waals surface area contributed by atoms with E-state index in [-0.39, 0.29) is 31.0 Å². The molecule has 0 aliphatic carbocycles. The number of carbonyl (C=O) groups is 1. The maximum absolute atomic E-state index is 12.5. The Hall–Kier alpha value is -3.04. The predicted molar refractivity (Wildman–Crippen MR) is 113 cm³/mol. The second kappa shape index (κ2) is 8.76. The minimum atomic E-state index is -0.498. The highest BCUT2D eigenvalue weighted by Gasteiger charge is 2.12. The van der Waals surface area contributed by atoms with Gasteiger partial charge in [0, 0.05) is 21.6 Å². The lowest BCUT2D eigenvalue weighted by molar-refractivity contribution is -0.145. The van der Waals surface area contributed by atoms with Crippen LogP contribution in [-0.2, 0) is 22.7 Å². The minimum absolute atomic E-state index is 0.000719. The smallest absolute Gasteiger partial charge is 0.308 e. The lowest BCUT2D eigenvalue weighted by atomic mass is 10.2. The molecule has 0 aliphatic heterocycles. The van der Waals surface area contributed by atoms with Crippen molar-refractivity contribution in [3.63, 3.8) is 0 Å². The van der Waals surface area contributed by atoms with Gasteiger partial charge in [-0.15, -0.1) is 10.2 Å². The number of fused-ring (bicyclic) bond motifs is 1. The molecule has 0 spiro atoms. The molecule has 2 heterocycles. The molecule has 2 aromatic carbocycles. The molecule has 0 amide bonds. The van der Waals surface area contributed by atoms with Gasteiger partial charge in [-0.3, -0.25) is 14.2 Å². The average Bonchev–Trinajstić information content (AvgIpc) is 3.22. The first-order valence-corrected chi connectivity index (χ1v) is 10.1. The number of hydrogen-bond acceptors (Lipinski definition) is 7. The van der Waals surface area contributed by atoms with Crippen molar-refractivity contribution in [3.05, 3.63) is 74.5 Å². The normalized spacial score (nSPS) is 11.0. The van der Waals surface area contributed by atoms with Gasteiger partial charge < -0.3 is 9.15 Å². The lowest BCUT2D eigenvalue weighted by Crippen LogP contribution is -2.22. The highest BCUT2D eigenvalue weighted by molar-refractivity contribution is 9.10. The molecule has 2 aromatic heterocycles. The fourth-order valence-corrected chi connectivity index (χ4v) is 3.22. The Kier molecular flexibility index (Phi) is 5.91. The number of carbonyl (C=O) groups excluding carboxylic acids is 1. The number of esters is 1. The SMILES string of the molecule is O=C(CCn1cnc2ccc(Br)cc2c1=O)OCc1nnc(-c2ccc(Cl)cc2)o1. The molecule has 152 valence electrons. The average molecular weight is 490 g/mol. The van der Waals surface area contributed by atoms with Gasteiger partial charge in [0.05, 0.1) is 23.7 Å². The van der Waals surface area contributed by atoms with Crippen molar-refractivity contribution in [2.45, 2.75) is 19.6 Å². The molecular formula is C20H14BrClN4O4. The summed E-state index contributed by atoms with van der Waals surface area (Å²) in [5.74, 6) is -0.0252. The summed E-state index contributed by atoms with van der Waals surface area (Å²) in [5.41, 5.74) is 1.08. The van der Waals surface area contributed by atoms with Crippen molar-refractivity contribution >= 4 is 44.4 Å². The minimum Gasteiger partial charge on any atom is -0.456 e. The number of halogens is 2. The van der Waals surface area contributed by atoms with Crippen LogP contribution in [-0.4, -0.2) is 25.7 Å². The van der Waals surface area contributed by atoms with E-state index in [0.29, 0.717) is 27.4 Å². The number of hydrogen-bond donors (Lipinski definition) is 0. The van der Waals surface area contributed by atoms with E-state index in [1.807, 2.05) is 6.07 Å². The summed E-state index contributed by atoms with van der Waals surface area (Å²) in [5, 5.41) is 8.86. The van der Waals surface area contributed by atoms with Crippen LogP contribution in [0.3, 0.4) is 0 Å². The predicted octanol–water partition coefficient (Wildman–Crippen LogP) is 4.00. The fourth-order valence-electron chi connectivity index (χ4n) is 2.74. The first kappa shape index (κ1) is 20.2. The second-order valence-electron chi connectivity index (χ2n) is 6.32. The van der Waals surface area contributed by atoms with Gasteiger partial charge in [-0.05, 0) is 42.5 Å². The van der Waals surface area contributed by atoms with E-state index in [4.69, 9.17) is 20.8 Å². The van der Waals surface area contributed by atoms with Crippen LogP contribution < -0.4 is 5.56 Å². The molecule has 4 aromatic rings. The van der Waals surface area contributed by atoms with Crippen LogP contribution in [0.2, 0.25) is 5.02 Å². The molecule has 0 fully saturated rings. The zero-order valence-corrected chi connectivity index (χ0v) is 17.8. The molecule has 8 nitrogen and oxygen atoms in total. The van der Waals surface area contributed by atoms with E-state index in [2.05, 4.69) is 31.1 Å². The van der Waals surface area contributed by atoms with E-state index in [1.165, 1.54) is 10.9 Å². The van der Waals surface area contributed by atoms with E-state index in [1.54, 1.807) is 36.4 Å². The van der Waals surface area contributed by atoms with Crippen LogP contribution >= 0.6 is 27.5 Å². The third kappa shape index (κ3) is 4.58. The number of aryl methyl sites for hydroxylation is 1. The van der Waals surface area contributed by atoms with Crippen LogP contribution in [0.15, 0.2) is 62.5 Å². The molecule has 0 saturated carbocycles. The molecule has 30 heavy (non-hydrogen) atoms. The maximum Gasteiger partial charge on any atom is 0.308 e. The third-order valence-electron chi connectivity index (χ3n) is 4.26. The van der Waals surface area contributed by atoms with Crippen LogP contribution in [0.5, 0.6) is 0 Å². The fraction of sp³-hybridized carbons (Fsp3) is 0.150. The third-order valence-corrected chi connectivity index (χ3v) is 5.00. The van der Waals surface area contributed by atoms with Crippen LogP contribution in [0.25, 0.3) is 22.4 Å². The van der Waals surface area contributed by atoms with Crippen molar-refractivity contribution in [3.8, 4) is 11.5 Å². The highest BCUT2D eigenvalue weighted by atomic mass is 79.9. The Bertz CT molecular complexity index is 1270. The van der Waals surface area contributed by atoms with Crippen LogP contribution in [0, 0.1) is 0 Å². The molecule has 0 N–H and O–H groups in total. The molecule has 0 saturated heterocycles. The number of rotatable bonds is 6. The first-order valence-electron chi connectivity index (χ1n) is 8.88. The zero-order chi connectivity index (χ0) is 21.1. The first-order chi connectivity index (χ1) is 14.5. The molecule has 10 heteroatoms. The van der Waals surface area contributed by atoms with Gasteiger partial charge in [0.25, 0.3) is 11.4 Å². The molecule has 0 radical (unpaired) electrons. The monoisotopic (exact) mass is 488 g/mol. The Morgan fingerprint density at radius 1 is 1.17 bits per heavy atom. The Morgan fingerprint density at radius 2 is 1.97 bits per heavy atom. The number of benzene rings is 2. The highest BCUT2D eigenvalue weighted by Crippen LogP contribution is 2.20. The Labute approximate surface area is 183 Å². The largest absolute Gasteiger partial charge is 0.456 e. The number of ether oxygens (including phenoxy) is 1. The van der Waals surface area contributed by atoms with E-state index in [0.717, 1.165) is 4.47 Å². The van der Waals surface area contributed by atoms with Gasteiger partial charge in [0.1, 0.15) is 0 Å². The van der Waals surface area contributed by atoms with E-state index in [9.17, 15) is 9.59 Å². The van der Waals surface area contributed by atoms with Gasteiger partial charge >= 0.3 is 5.97 Å². The molecular weight excluding hydrogens is 476 g/mol. The Balaban J connectivity index is 1.35. The number of aromatic nitrogens is 4. The summed E-state index contributed by atoms with van der Waals surface area (Å²) in [6.07, 6.45) is 1.42. The molecule has 0 aliphatic rings. The summed E-state index contributed by atoms with van der Waals surface area (Å²) < 4.78 is 12.8. The van der Waals surface area contributed by atoms with Crippen molar-refractivity contribution in [1.82, 2.24) is 19.7 Å². The van der Waals surface area contributed by atoms with E-state index >= 15 is 0 Å². The summed E-state index contributed by atoms with van der Waals surface area (Å²) in [4.78, 5) is 28.8. The van der Waals surface area contributed by atoms with Gasteiger partial charge in [0.15, 0.2) is 6.61 Å². The summed E-state index contributed by atoms with van der Waals surface area (Å²) in [6, 6.07) is 12.2. The van der Waals surface area contributed by atoms with Gasteiger partial charge in [-0.2, -0.15) is 0 Å². The summed E-state index contributed by atoms with van der Waals surface area (Å²) in [7, 11) is 0. The molecule has 4 rings (SSSR count). The van der Waals surface area contributed by atoms with Gasteiger partial charge in [0.2, 0.25) is 5.89 Å². The van der Waals surface area contributed by atoms with Gasteiger partial charge in [-0.25, -0.2) is 4.98 Å². The molecule has 0 bridgehead atoms. The summed E-state index contributed by atoms with van der Waals surface area (Å²) >= 11 is 9.20. The van der Waals surface area contributed by atoms with E-state index < -0.39 is 5.97 Å². The standard InChI is InChI=1S/C20H14BrClN4O4/c21-13-3-6-16-15(9-13)20(28)26(11-23-16)8-7-18(27)29-10-17-24-25-19(30-17)12-1-4-14(22)5-2-12/h1-6,9,11H,7-8,10H2. The quantitative estimate of drug-likeness (QED) is 0.377.